The molecule has 1 aliphatic heterocycles. The van der Waals surface area contributed by atoms with Crippen molar-refractivity contribution in [2.75, 3.05) is 6.54 Å². The minimum atomic E-state index is 0.320. The molecule has 0 fully saturated rings. The highest BCUT2D eigenvalue weighted by Gasteiger charge is 2.22. The van der Waals surface area contributed by atoms with Gasteiger partial charge in [-0.3, -0.25) is 4.90 Å². The maximum Gasteiger partial charge on any atom is 0.140 e. The number of hydrogen-bond donors (Lipinski definition) is 2. The minimum absolute atomic E-state index is 0.320. The zero-order chi connectivity index (χ0) is 13.0. The van der Waals surface area contributed by atoms with E-state index in [2.05, 4.69) is 41.2 Å². The summed E-state index contributed by atoms with van der Waals surface area (Å²) >= 11 is 0. The third kappa shape index (κ3) is 2.82. The number of benzene rings is 1. The molecule has 0 aliphatic carbocycles. The number of fused-ring (bicyclic) bond motifs is 1. The molecular formula is C14H21N3O. The summed E-state index contributed by atoms with van der Waals surface area (Å²) in [6, 6.07) is 8.94. The molecule has 1 atom stereocenters. The van der Waals surface area contributed by atoms with E-state index >= 15 is 0 Å². The van der Waals surface area contributed by atoms with Gasteiger partial charge in [0.1, 0.15) is 5.84 Å². The highest BCUT2D eigenvalue weighted by molar-refractivity contribution is 5.80. The van der Waals surface area contributed by atoms with Gasteiger partial charge in [0.15, 0.2) is 0 Å². The zero-order valence-electron chi connectivity index (χ0n) is 10.8. The van der Waals surface area contributed by atoms with Gasteiger partial charge in [0, 0.05) is 25.6 Å². The van der Waals surface area contributed by atoms with Crippen LogP contribution in [0.4, 0.5) is 0 Å². The van der Waals surface area contributed by atoms with Crippen LogP contribution in [0, 0.1) is 0 Å². The number of rotatable bonds is 4. The molecule has 4 heteroatoms. The molecule has 3 N–H and O–H groups in total. The average molecular weight is 247 g/mol. The predicted molar refractivity (Wildman–Crippen MR) is 72.7 cm³/mol. The molecule has 0 aromatic heterocycles. The quantitative estimate of drug-likeness (QED) is 0.370. The van der Waals surface area contributed by atoms with Gasteiger partial charge in [0.2, 0.25) is 0 Å². The largest absolute Gasteiger partial charge is 0.409 e. The second-order valence-corrected chi connectivity index (χ2v) is 4.85. The SMILES string of the molecule is CCC(C/C(N)=N/O)N1CCc2ccccc2C1. The molecule has 0 saturated heterocycles. The van der Waals surface area contributed by atoms with E-state index in [0.29, 0.717) is 18.3 Å². The first-order valence-corrected chi connectivity index (χ1v) is 6.51. The van der Waals surface area contributed by atoms with Crippen molar-refractivity contribution in [3.05, 3.63) is 35.4 Å². The van der Waals surface area contributed by atoms with Crippen LogP contribution in [0.15, 0.2) is 29.4 Å². The number of hydrogen-bond acceptors (Lipinski definition) is 3. The summed E-state index contributed by atoms with van der Waals surface area (Å²) in [4.78, 5) is 2.43. The van der Waals surface area contributed by atoms with Crippen molar-refractivity contribution in [1.82, 2.24) is 4.90 Å². The molecule has 1 unspecified atom stereocenters. The Balaban J connectivity index is 2.07. The molecule has 1 aromatic rings. The van der Waals surface area contributed by atoms with E-state index in [0.717, 1.165) is 25.9 Å². The Morgan fingerprint density at radius 3 is 2.83 bits per heavy atom. The van der Waals surface area contributed by atoms with E-state index in [1.54, 1.807) is 0 Å². The predicted octanol–water partition coefficient (Wildman–Crippen LogP) is 1.96. The van der Waals surface area contributed by atoms with Gasteiger partial charge >= 0.3 is 0 Å². The van der Waals surface area contributed by atoms with E-state index < -0.39 is 0 Å². The van der Waals surface area contributed by atoms with Crippen molar-refractivity contribution < 1.29 is 5.21 Å². The van der Waals surface area contributed by atoms with Crippen LogP contribution in [0.1, 0.15) is 30.9 Å². The summed E-state index contributed by atoms with van der Waals surface area (Å²) in [7, 11) is 0. The number of nitrogens with zero attached hydrogens (tertiary/aromatic N) is 2. The fourth-order valence-corrected chi connectivity index (χ4v) is 2.64. The van der Waals surface area contributed by atoms with Crippen LogP contribution in [0.2, 0.25) is 0 Å². The van der Waals surface area contributed by atoms with Gasteiger partial charge in [-0.1, -0.05) is 36.3 Å². The maximum absolute atomic E-state index is 8.68. The molecule has 0 radical (unpaired) electrons. The minimum Gasteiger partial charge on any atom is -0.409 e. The van der Waals surface area contributed by atoms with Crippen LogP contribution in [0.5, 0.6) is 0 Å². The van der Waals surface area contributed by atoms with Crippen molar-refractivity contribution in [3.8, 4) is 0 Å². The van der Waals surface area contributed by atoms with Crippen LogP contribution in [0.3, 0.4) is 0 Å². The van der Waals surface area contributed by atoms with Gasteiger partial charge in [-0.25, -0.2) is 0 Å². The Morgan fingerprint density at radius 1 is 1.44 bits per heavy atom. The molecule has 1 heterocycles. The fraction of sp³-hybridized carbons (Fsp3) is 0.500. The highest BCUT2D eigenvalue weighted by atomic mass is 16.4. The normalized spacial score (nSPS) is 18.4. The lowest BCUT2D eigenvalue weighted by molar-refractivity contribution is 0.176. The molecule has 18 heavy (non-hydrogen) atoms. The lowest BCUT2D eigenvalue weighted by atomic mass is 9.97. The third-order valence-electron chi connectivity index (χ3n) is 3.72. The van der Waals surface area contributed by atoms with E-state index in [1.807, 2.05) is 0 Å². The fourth-order valence-electron chi connectivity index (χ4n) is 2.64. The second-order valence-electron chi connectivity index (χ2n) is 4.85. The van der Waals surface area contributed by atoms with Gasteiger partial charge < -0.3 is 10.9 Å². The summed E-state index contributed by atoms with van der Waals surface area (Å²) in [6.45, 7) is 4.16. The molecule has 0 amide bonds. The summed E-state index contributed by atoms with van der Waals surface area (Å²) < 4.78 is 0. The van der Waals surface area contributed by atoms with E-state index in [1.165, 1.54) is 11.1 Å². The van der Waals surface area contributed by atoms with Gasteiger partial charge in [-0.2, -0.15) is 0 Å². The van der Waals surface area contributed by atoms with Gasteiger partial charge in [0.25, 0.3) is 0 Å². The van der Waals surface area contributed by atoms with Crippen LogP contribution < -0.4 is 5.73 Å². The molecular weight excluding hydrogens is 226 g/mol. The van der Waals surface area contributed by atoms with E-state index in [9.17, 15) is 0 Å². The van der Waals surface area contributed by atoms with E-state index in [4.69, 9.17) is 10.9 Å². The number of nitrogens with two attached hydrogens (primary N) is 1. The Hall–Kier alpha value is -1.55. The molecule has 4 nitrogen and oxygen atoms in total. The first-order chi connectivity index (χ1) is 8.74. The lowest BCUT2D eigenvalue weighted by Gasteiger charge is -2.35. The zero-order valence-corrected chi connectivity index (χ0v) is 10.8. The third-order valence-corrected chi connectivity index (χ3v) is 3.72. The van der Waals surface area contributed by atoms with Crippen molar-refractivity contribution in [2.24, 2.45) is 10.9 Å². The van der Waals surface area contributed by atoms with Crippen molar-refractivity contribution in [2.45, 2.75) is 38.8 Å². The molecule has 1 aliphatic rings. The monoisotopic (exact) mass is 247 g/mol. The van der Waals surface area contributed by atoms with Gasteiger partial charge in [0.05, 0.1) is 0 Å². The Kier molecular flexibility index (Phi) is 4.20. The first kappa shape index (κ1) is 12.9. The van der Waals surface area contributed by atoms with Gasteiger partial charge in [-0.05, 0) is 24.0 Å². The molecule has 0 saturated carbocycles. The molecule has 1 aromatic carbocycles. The van der Waals surface area contributed by atoms with E-state index in [-0.39, 0.29) is 0 Å². The highest BCUT2D eigenvalue weighted by Crippen LogP contribution is 2.22. The standard InChI is InChI=1S/C14H21N3O/c1-2-13(9-14(15)16-18)17-8-7-11-5-3-4-6-12(11)10-17/h3-6,13,18H,2,7-10H2,1H3,(H2,15,16). The van der Waals surface area contributed by atoms with Crippen molar-refractivity contribution in [1.29, 1.82) is 0 Å². The topological polar surface area (TPSA) is 61.9 Å². The smallest absolute Gasteiger partial charge is 0.140 e. The lowest BCUT2D eigenvalue weighted by Crippen LogP contribution is -2.41. The van der Waals surface area contributed by atoms with Crippen LogP contribution in [-0.2, 0) is 13.0 Å². The molecule has 0 bridgehead atoms. The molecule has 2 rings (SSSR count). The second kappa shape index (κ2) is 5.87. The summed E-state index contributed by atoms with van der Waals surface area (Å²) in [5.41, 5.74) is 8.48. The molecule has 98 valence electrons. The number of oxime groups is 1. The summed E-state index contributed by atoms with van der Waals surface area (Å²) in [6.07, 6.45) is 2.73. The summed E-state index contributed by atoms with van der Waals surface area (Å²) in [5, 5.41) is 11.8. The molecule has 0 spiro atoms. The Bertz CT molecular complexity index is 431. The Labute approximate surface area is 108 Å². The van der Waals surface area contributed by atoms with Crippen LogP contribution >= 0.6 is 0 Å². The maximum atomic E-state index is 8.68. The van der Waals surface area contributed by atoms with Crippen molar-refractivity contribution >= 4 is 5.84 Å². The first-order valence-electron chi connectivity index (χ1n) is 6.51. The number of amidine groups is 1. The van der Waals surface area contributed by atoms with Gasteiger partial charge in [-0.15, -0.1) is 0 Å². The average Bonchev–Trinajstić information content (AvgIpc) is 2.44. The summed E-state index contributed by atoms with van der Waals surface area (Å²) in [5.74, 6) is 0.320. The van der Waals surface area contributed by atoms with Crippen molar-refractivity contribution in [3.63, 3.8) is 0 Å². The van der Waals surface area contributed by atoms with Crippen LogP contribution in [0.25, 0.3) is 0 Å². The van der Waals surface area contributed by atoms with Crippen LogP contribution in [-0.4, -0.2) is 28.5 Å². The Morgan fingerprint density at radius 2 is 2.17 bits per heavy atom.